The number of fused-ring (bicyclic) bond motifs is 1. The third-order valence-corrected chi connectivity index (χ3v) is 4.34. The van der Waals surface area contributed by atoms with E-state index in [1.807, 2.05) is 36.4 Å². The van der Waals surface area contributed by atoms with Crippen LogP contribution in [-0.4, -0.2) is 22.1 Å². The fourth-order valence-electron chi connectivity index (χ4n) is 3.00. The molecule has 6 heteroatoms. The first kappa shape index (κ1) is 16.2. The molecule has 0 bridgehead atoms. The smallest absolute Gasteiger partial charge is 0.178 e. The van der Waals surface area contributed by atoms with E-state index in [1.165, 1.54) is 6.07 Å². The number of imidazole rings is 1. The third-order valence-electron chi connectivity index (χ3n) is 4.34. The van der Waals surface area contributed by atoms with Crippen molar-refractivity contribution in [1.29, 1.82) is 0 Å². The average molecular weight is 348 g/mol. The second-order valence-electron chi connectivity index (χ2n) is 5.85. The number of para-hydroxylation sites is 1. The number of nitrogens with one attached hydrogen (secondary N) is 1. The molecule has 2 heterocycles. The molecule has 0 saturated heterocycles. The number of methoxy groups -OCH3 is 1. The number of rotatable bonds is 4. The van der Waals surface area contributed by atoms with Gasteiger partial charge in [-0.05, 0) is 29.8 Å². The fourth-order valence-corrected chi connectivity index (χ4v) is 3.00. The zero-order valence-electron chi connectivity index (χ0n) is 14.2. The van der Waals surface area contributed by atoms with Gasteiger partial charge < -0.3 is 15.5 Å². The lowest BCUT2D eigenvalue weighted by atomic mass is 10.0. The van der Waals surface area contributed by atoms with Crippen molar-refractivity contribution in [1.82, 2.24) is 15.0 Å². The molecule has 130 valence electrons. The molecule has 0 fully saturated rings. The van der Waals surface area contributed by atoms with Crippen molar-refractivity contribution in [3.05, 3.63) is 66.1 Å². The quantitative estimate of drug-likeness (QED) is 0.586. The van der Waals surface area contributed by atoms with E-state index >= 15 is 0 Å². The lowest BCUT2D eigenvalue weighted by Gasteiger charge is -2.06. The minimum absolute atomic E-state index is 0.167. The van der Waals surface area contributed by atoms with Crippen LogP contribution in [0.1, 0.15) is 5.56 Å². The zero-order chi connectivity index (χ0) is 18.1. The predicted molar refractivity (Wildman–Crippen MR) is 99.2 cm³/mol. The van der Waals surface area contributed by atoms with Crippen molar-refractivity contribution in [2.45, 2.75) is 6.54 Å². The SMILES string of the molecule is COc1ccccc1-c1nc2nccc(-c3ccc(CN)c(F)c3)c2[nH]1. The molecule has 0 saturated carbocycles. The first-order valence-corrected chi connectivity index (χ1v) is 8.18. The summed E-state index contributed by atoms with van der Waals surface area (Å²) in [7, 11) is 1.62. The van der Waals surface area contributed by atoms with E-state index in [9.17, 15) is 4.39 Å². The topological polar surface area (TPSA) is 76.8 Å². The van der Waals surface area contributed by atoms with E-state index in [0.717, 1.165) is 22.2 Å². The minimum atomic E-state index is -0.320. The number of aromatic amines is 1. The van der Waals surface area contributed by atoms with Crippen LogP contribution in [0.5, 0.6) is 5.75 Å². The van der Waals surface area contributed by atoms with Crippen LogP contribution in [0.15, 0.2) is 54.7 Å². The van der Waals surface area contributed by atoms with Gasteiger partial charge in [0.05, 0.1) is 18.2 Å². The number of hydrogen-bond donors (Lipinski definition) is 2. The van der Waals surface area contributed by atoms with E-state index < -0.39 is 0 Å². The van der Waals surface area contributed by atoms with Crippen molar-refractivity contribution in [2.75, 3.05) is 7.11 Å². The van der Waals surface area contributed by atoms with Crippen molar-refractivity contribution in [3.8, 4) is 28.3 Å². The number of H-pyrrole nitrogens is 1. The molecular formula is C20H17FN4O. The molecular weight excluding hydrogens is 331 g/mol. The van der Waals surface area contributed by atoms with Crippen LogP contribution in [0.25, 0.3) is 33.7 Å². The van der Waals surface area contributed by atoms with Gasteiger partial charge in [-0.15, -0.1) is 0 Å². The van der Waals surface area contributed by atoms with Crippen LogP contribution in [-0.2, 0) is 6.54 Å². The molecule has 2 aromatic carbocycles. The first-order chi connectivity index (χ1) is 12.7. The van der Waals surface area contributed by atoms with Crippen molar-refractivity contribution < 1.29 is 9.13 Å². The van der Waals surface area contributed by atoms with E-state index in [1.54, 1.807) is 19.4 Å². The summed E-state index contributed by atoms with van der Waals surface area (Å²) in [6.07, 6.45) is 1.67. The summed E-state index contributed by atoms with van der Waals surface area (Å²) in [6.45, 7) is 0.167. The van der Waals surface area contributed by atoms with Gasteiger partial charge in [-0.25, -0.2) is 14.4 Å². The Bertz CT molecular complexity index is 1090. The standard InChI is InChI=1S/C20H17FN4O/c1-26-17-5-3-2-4-15(17)19-24-18-14(8-9-23-20(18)25-19)12-6-7-13(11-22)16(21)10-12/h2-10H,11,22H2,1H3,(H,23,24,25). The molecule has 3 N–H and O–H groups in total. The van der Waals surface area contributed by atoms with Crippen LogP contribution in [0, 0.1) is 5.82 Å². The van der Waals surface area contributed by atoms with Crippen LogP contribution in [0.2, 0.25) is 0 Å². The Morgan fingerprint density at radius 2 is 1.96 bits per heavy atom. The lowest BCUT2D eigenvalue weighted by molar-refractivity contribution is 0.416. The monoisotopic (exact) mass is 348 g/mol. The van der Waals surface area contributed by atoms with Crippen LogP contribution in [0.4, 0.5) is 4.39 Å². The molecule has 2 aromatic heterocycles. The molecule has 0 spiro atoms. The van der Waals surface area contributed by atoms with Crippen molar-refractivity contribution >= 4 is 11.2 Å². The van der Waals surface area contributed by atoms with Gasteiger partial charge in [0.1, 0.15) is 17.4 Å². The molecule has 4 aromatic rings. The van der Waals surface area contributed by atoms with Gasteiger partial charge in [0, 0.05) is 23.9 Å². The lowest BCUT2D eigenvalue weighted by Crippen LogP contribution is -1.99. The van der Waals surface area contributed by atoms with Gasteiger partial charge in [0.25, 0.3) is 0 Å². The minimum Gasteiger partial charge on any atom is -0.496 e. The summed E-state index contributed by atoms with van der Waals surface area (Å²) in [5.74, 6) is 1.04. The normalized spacial score (nSPS) is 11.0. The zero-order valence-corrected chi connectivity index (χ0v) is 14.2. The van der Waals surface area contributed by atoms with Gasteiger partial charge in [-0.2, -0.15) is 0 Å². The van der Waals surface area contributed by atoms with Crippen LogP contribution in [0.3, 0.4) is 0 Å². The van der Waals surface area contributed by atoms with Crippen molar-refractivity contribution in [3.63, 3.8) is 0 Å². The molecule has 26 heavy (non-hydrogen) atoms. The maximum absolute atomic E-state index is 14.2. The fraction of sp³-hybridized carbons (Fsp3) is 0.100. The molecule has 0 atom stereocenters. The van der Waals surface area contributed by atoms with Crippen LogP contribution < -0.4 is 10.5 Å². The molecule has 0 amide bonds. The summed E-state index contributed by atoms with van der Waals surface area (Å²) >= 11 is 0. The third kappa shape index (κ3) is 2.70. The summed E-state index contributed by atoms with van der Waals surface area (Å²) in [5, 5.41) is 0. The molecule has 0 aliphatic carbocycles. The predicted octanol–water partition coefficient (Wildman–Crippen LogP) is 3.90. The highest BCUT2D eigenvalue weighted by Gasteiger charge is 2.14. The van der Waals surface area contributed by atoms with E-state index in [4.69, 9.17) is 10.5 Å². The first-order valence-electron chi connectivity index (χ1n) is 8.18. The Kier molecular flexibility index (Phi) is 4.10. The Balaban J connectivity index is 1.88. The number of nitrogens with zero attached hydrogens (tertiary/aromatic N) is 2. The van der Waals surface area contributed by atoms with Gasteiger partial charge in [0.2, 0.25) is 0 Å². The number of pyridine rings is 1. The summed E-state index contributed by atoms with van der Waals surface area (Å²) in [5.41, 5.74) is 9.74. The summed E-state index contributed by atoms with van der Waals surface area (Å²) < 4.78 is 19.6. The number of benzene rings is 2. The number of nitrogens with two attached hydrogens (primary N) is 1. The molecule has 0 aliphatic heterocycles. The highest BCUT2D eigenvalue weighted by molar-refractivity contribution is 5.91. The highest BCUT2D eigenvalue weighted by atomic mass is 19.1. The largest absolute Gasteiger partial charge is 0.496 e. The Labute approximate surface area is 149 Å². The summed E-state index contributed by atoms with van der Waals surface area (Å²) in [6, 6.07) is 14.5. The number of aromatic nitrogens is 3. The molecule has 0 aliphatic rings. The van der Waals surface area contributed by atoms with Crippen LogP contribution >= 0.6 is 0 Å². The molecule has 5 nitrogen and oxygen atoms in total. The van der Waals surface area contributed by atoms with E-state index in [-0.39, 0.29) is 12.4 Å². The second kappa shape index (κ2) is 6.57. The molecule has 4 rings (SSSR count). The van der Waals surface area contributed by atoms with Gasteiger partial charge in [0.15, 0.2) is 5.65 Å². The Morgan fingerprint density at radius 3 is 2.73 bits per heavy atom. The Hall–Kier alpha value is -3.25. The molecule has 0 radical (unpaired) electrons. The number of ether oxygens (including phenoxy) is 1. The van der Waals surface area contributed by atoms with Gasteiger partial charge >= 0.3 is 0 Å². The maximum Gasteiger partial charge on any atom is 0.178 e. The average Bonchev–Trinajstić information content (AvgIpc) is 3.12. The highest BCUT2D eigenvalue weighted by Crippen LogP contribution is 2.32. The Morgan fingerprint density at radius 1 is 1.12 bits per heavy atom. The number of halogens is 1. The van der Waals surface area contributed by atoms with Crippen molar-refractivity contribution in [2.24, 2.45) is 5.73 Å². The number of hydrogen-bond acceptors (Lipinski definition) is 4. The van der Waals surface area contributed by atoms with E-state index in [2.05, 4.69) is 15.0 Å². The van der Waals surface area contributed by atoms with E-state index in [0.29, 0.717) is 22.8 Å². The van der Waals surface area contributed by atoms with Gasteiger partial charge in [-0.3, -0.25) is 0 Å². The molecule has 0 unspecified atom stereocenters. The maximum atomic E-state index is 14.2. The summed E-state index contributed by atoms with van der Waals surface area (Å²) in [4.78, 5) is 12.2. The second-order valence-corrected chi connectivity index (χ2v) is 5.85. The van der Waals surface area contributed by atoms with Gasteiger partial charge in [-0.1, -0.05) is 24.3 Å².